The van der Waals surface area contributed by atoms with Crippen molar-refractivity contribution >= 4 is 5.91 Å². The van der Waals surface area contributed by atoms with Gasteiger partial charge in [0.15, 0.2) is 5.60 Å². The number of nitrogens with zero attached hydrogens (tertiary/aromatic N) is 1. The molecule has 190 valence electrons. The van der Waals surface area contributed by atoms with Crippen LogP contribution in [0.1, 0.15) is 79.6 Å². The van der Waals surface area contributed by atoms with Crippen LogP contribution in [0.4, 0.5) is 17.6 Å². The fourth-order valence-electron chi connectivity index (χ4n) is 8.97. The smallest absolute Gasteiger partial charge is 0.418 e. The Kier molecular flexibility index (Phi) is 4.43. The topological polar surface area (TPSA) is 49.8 Å². The lowest BCUT2D eigenvalue weighted by atomic mass is 9.13. The molecular weight excluding hydrogens is 462 g/mol. The molecule has 7 rings (SSSR count). The SMILES string of the molecule is O=C(c1cc(C2CC2)c(OCC23CC4CC5CC(C2)C543)cc1F)N1CCCCC(O)(C(F)(F)F)C1. The summed E-state index contributed by atoms with van der Waals surface area (Å²) in [5.74, 6) is 1.66. The molecule has 5 saturated carbocycles. The molecule has 6 fully saturated rings. The lowest BCUT2D eigenvalue weighted by Gasteiger charge is -2.91. The Bertz CT molecular complexity index is 1070. The van der Waals surface area contributed by atoms with Gasteiger partial charge in [0, 0.05) is 18.0 Å². The first-order chi connectivity index (χ1) is 16.6. The van der Waals surface area contributed by atoms with E-state index in [2.05, 4.69) is 0 Å². The van der Waals surface area contributed by atoms with Gasteiger partial charge in [-0.1, -0.05) is 0 Å². The highest BCUT2D eigenvalue weighted by molar-refractivity contribution is 5.95. The van der Waals surface area contributed by atoms with Gasteiger partial charge in [-0.05, 0) is 98.5 Å². The quantitative estimate of drug-likeness (QED) is 0.556. The summed E-state index contributed by atoms with van der Waals surface area (Å²) in [5.41, 5.74) is -1.67. The number of aliphatic hydroxyl groups is 1. The van der Waals surface area contributed by atoms with Crippen LogP contribution in [0.2, 0.25) is 0 Å². The Morgan fingerprint density at radius 1 is 1.11 bits per heavy atom. The van der Waals surface area contributed by atoms with Crippen molar-refractivity contribution in [3.63, 3.8) is 0 Å². The van der Waals surface area contributed by atoms with Gasteiger partial charge in [0.2, 0.25) is 0 Å². The monoisotopic (exact) mass is 493 g/mol. The predicted molar refractivity (Wildman–Crippen MR) is 118 cm³/mol. The van der Waals surface area contributed by atoms with E-state index in [1.807, 2.05) is 0 Å². The molecule has 8 heteroatoms. The van der Waals surface area contributed by atoms with E-state index in [0.717, 1.165) is 41.1 Å². The van der Waals surface area contributed by atoms with Gasteiger partial charge < -0.3 is 14.7 Å². The van der Waals surface area contributed by atoms with Crippen LogP contribution >= 0.6 is 0 Å². The second-order valence-corrected chi connectivity index (χ2v) is 12.3. The molecular formula is C27H31F4NO3. The van der Waals surface area contributed by atoms with Crippen molar-refractivity contribution in [1.82, 2.24) is 4.90 Å². The Labute approximate surface area is 202 Å². The number of rotatable bonds is 5. The van der Waals surface area contributed by atoms with Crippen molar-refractivity contribution in [3.05, 3.63) is 29.1 Å². The van der Waals surface area contributed by atoms with E-state index in [-0.39, 0.29) is 29.9 Å². The molecule has 1 aromatic carbocycles. The number of ether oxygens (including phenoxy) is 1. The van der Waals surface area contributed by atoms with Crippen LogP contribution in [0.3, 0.4) is 0 Å². The fraction of sp³-hybridized carbons (Fsp3) is 0.741. The van der Waals surface area contributed by atoms with E-state index in [1.165, 1.54) is 37.8 Å². The predicted octanol–water partition coefficient (Wildman–Crippen LogP) is 5.44. The van der Waals surface area contributed by atoms with E-state index >= 15 is 4.39 Å². The number of carbonyl (C=O) groups excluding carboxylic acids is 1. The molecule has 1 spiro atoms. The normalized spacial score (nSPS) is 41.3. The molecule has 6 aliphatic rings. The molecule has 0 aromatic heterocycles. The minimum absolute atomic E-state index is 0.0573. The van der Waals surface area contributed by atoms with E-state index in [9.17, 15) is 23.1 Å². The number of carbonyl (C=O) groups is 1. The second-order valence-electron chi connectivity index (χ2n) is 12.3. The summed E-state index contributed by atoms with van der Waals surface area (Å²) in [6.45, 7) is -0.227. The molecule has 0 radical (unpaired) electrons. The number of hydrogen-bond donors (Lipinski definition) is 1. The summed E-state index contributed by atoms with van der Waals surface area (Å²) in [4.78, 5) is 14.2. The molecule has 1 saturated heterocycles. The highest BCUT2D eigenvalue weighted by Crippen LogP contribution is 2.92. The zero-order valence-electron chi connectivity index (χ0n) is 19.7. The third kappa shape index (κ3) is 2.81. The van der Waals surface area contributed by atoms with Gasteiger partial charge in [0.1, 0.15) is 11.6 Å². The van der Waals surface area contributed by atoms with Crippen molar-refractivity contribution in [2.45, 2.75) is 75.5 Å². The molecule has 1 amide bonds. The van der Waals surface area contributed by atoms with Crippen LogP contribution in [-0.2, 0) is 0 Å². The van der Waals surface area contributed by atoms with Gasteiger partial charge in [0.05, 0.1) is 18.7 Å². The van der Waals surface area contributed by atoms with Crippen molar-refractivity contribution in [3.8, 4) is 5.75 Å². The van der Waals surface area contributed by atoms with Crippen LogP contribution in [0, 0.1) is 34.4 Å². The molecule has 5 aliphatic carbocycles. The molecule has 35 heavy (non-hydrogen) atoms. The Morgan fingerprint density at radius 2 is 1.83 bits per heavy atom. The number of amides is 1. The number of benzene rings is 1. The van der Waals surface area contributed by atoms with E-state index in [4.69, 9.17) is 4.74 Å². The third-order valence-electron chi connectivity index (χ3n) is 10.7. The Balaban J connectivity index is 1.12. The van der Waals surface area contributed by atoms with Crippen molar-refractivity contribution in [1.29, 1.82) is 0 Å². The number of likely N-dealkylation sites (tertiary alicyclic amines) is 1. The first kappa shape index (κ1) is 22.4. The van der Waals surface area contributed by atoms with Gasteiger partial charge in [-0.2, -0.15) is 13.2 Å². The molecule has 3 unspecified atom stereocenters. The van der Waals surface area contributed by atoms with Crippen molar-refractivity contribution in [2.75, 3.05) is 19.7 Å². The largest absolute Gasteiger partial charge is 0.493 e. The lowest BCUT2D eigenvalue weighted by molar-refractivity contribution is -0.436. The van der Waals surface area contributed by atoms with Gasteiger partial charge in [-0.25, -0.2) is 4.39 Å². The summed E-state index contributed by atoms with van der Waals surface area (Å²) in [7, 11) is 0. The minimum atomic E-state index is -4.86. The Morgan fingerprint density at radius 3 is 2.43 bits per heavy atom. The number of β-amino-alcohol motifs (C(OH)–C–C–N with tert-alkyl or cyclic N) is 1. The van der Waals surface area contributed by atoms with E-state index in [0.29, 0.717) is 24.2 Å². The molecule has 1 aliphatic heterocycles. The summed E-state index contributed by atoms with van der Waals surface area (Å²) >= 11 is 0. The minimum Gasteiger partial charge on any atom is -0.493 e. The maximum Gasteiger partial charge on any atom is 0.418 e. The third-order valence-corrected chi connectivity index (χ3v) is 10.7. The average molecular weight is 494 g/mol. The van der Waals surface area contributed by atoms with E-state index < -0.39 is 36.5 Å². The Hall–Kier alpha value is -1.83. The van der Waals surface area contributed by atoms with Crippen LogP contribution in [0.5, 0.6) is 5.75 Å². The molecule has 1 heterocycles. The maximum absolute atomic E-state index is 15.3. The molecule has 4 nitrogen and oxygen atoms in total. The van der Waals surface area contributed by atoms with Crippen molar-refractivity contribution < 1.29 is 32.2 Å². The van der Waals surface area contributed by atoms with Gasteiger partial charge in [-0.3, -0.25) is 4.79 Å². The van der Waals surface area contributed by atoms with Crippen LogP contribution in [-0.4, -0.2) is 47.4 Å². The summed E-state index contributed by atoms with van der Waals surface area (Å²) < 4.78 is 62.1. The van der Waals surface area contributed by atoms with Gasteiger partial charge >= 0.3 is 6.18 Å². The highest BCUT2D eigenvalue weighted by Gasteiger charge is 2.87. The maximum atomic E-state index is 15.3. The highest BCUT2D eigenvalue weighted by atomic mass is 19.4. The van der Waals surface area contributed by atoms with Crippen LogP contribution in [0.25, 0.3) is 0 Å². The summed E-state index contributed by atoms with van der Waals surface area (Å²) in [5, 5.41) is 10.3. The lowest BCUT2D eigenvalue weighted by Crippen LogP contribution is -2.86. The fourth-order valence-corrected chi connectivity index (χ4v) is 8.97. The summed E-state index contributed by atoms with van der Waals surface area (Å²) in [6.07, 6.45) is 2.13. The number of halogens is 4. The van der Waals surface area contributed by atoms with Gasteiger partial charge in [-0.15, -0.1) is 0 Å². The molecule has 1 N–H and O–H groups in total. The van der Waals surface area contributed by atoms with E-state index in [1.54, 1.807) is 0 Å². The standard InChI is InChI=1S/C27H31F4NO3/c28-21-10-22(35-14-24-11-17-7-16-8-18(12-24)26(16,17)24)19(15-3-4-15)9-20(21)23(33)32-6-2-1-5-25(34,13-32)27(29,30)31/h9-10,15-18,34H,1-8,11-14H2. The zero-order valence-corrected chi connectivity index (χ0v) is 19.7. The first-order valence-corrected chi connectivity index (χ1v) is 13.1. The molecule has 3 atom stereocenters. The first-order valence-electron chi connectivity index (χ1n) is 13.1. The van der Waals surface area contributed by atoms with Crippen LogP contribution in [0.15, 0.2) is 12.1 Å². The number of alkyl halides is 3. The zero-order chi connectivity index (χ0) is 24.4. The number of hydrogen-bond acceptors (Lipinski definition) is 3. The second kappa shape index (κ2) is 6.93. The summed E-state index contributed by atoms with van der Waals surface area (Å²) in [6, 6.07) is 2.77. The molecule has 1 aromatic rings. The van der Waals surface area contributed by atoms with Crippen molar-refractivity contribution in [2.24, 2.45) is 28.6 Å². The van der Waals surface area contributed by atoms with Crippen LogP contribution < -0.4 is 4.74 Å². The van der Waals surface area contributed by atoms with Gasteiger partial charge in [0.25, 0.3) is 5.91 Å². The molecule has 0 bridgehead atoms. The average Bonchev–Trinajstić information content (AvgIpc) is 3.58.